The Morgan fingerprint density at radius 3 is 2.59 bits per heavy atom. The van der Waals surface area contributed by atoms with Gasteiger partial charge in [-0.3, -0.25) is 0 Å². The molecule has 2 N–H and O–H groups in total. The van der Waals surface area contributed by atoms with E-state index in [1.165, 1.54) is 37.7 Å². The van der Waals surface area contributed by atoms with Crippen LogP contribution in [-0.2, 0) is 0 Å². The van der Waals surface area contributed by atoms with Gasteiger partial charge in [-0.25, -0.2) is 0 Å². The lowest BCUT2D eigenvalue weighted by atomic mass is 9.46. The second kappa shape index (κ2) is 6.63. The molecule has 4 aliphatic carbocycles. The van der Waals surface area contributed by atoms with E-state index in [0.717, 1.165) is 48.4 Å². The first-order chi connectivity index (χ1) is 12.9. The van der Waals surface area contributed by atoms with Crippen molar-refractivity contribution < 1.29 is 10.4 Å². The molecule has 0 aliphatic heterocycles. The molecule has 4 rings (SSSR count). The molecule has 3 saturated carbocycles. The van der Waals surface area contributed by atoms with Gasteiger partial charge in [-0.2, -0.15) is 0 Å². The molecule has 27 heavy (non-hydrogen) atoms. The molecule has 4 aliphatic rings. The first-order valence-corrected chi connectivity index (χ1v) is 11.0. The third-order valence-corrected chi connectivity index (χ3v) is 9.41. The van der Waals surface area contributed by atoms with Crippen molar-refractivity contribution >= 4 is 11.4 Å². The van der Waals surface area contributed by atoms with Crippen molar-refractivity contribution in [2.45, 2.75) is 79.1 Å². The van der Waals surface area contributed by atoms with Crippen molar-refractivity contribution in [3.8, 4) is 0 Å². The molecule has 3 fully saturated rings. The minimum atomic E-state index is 0.276. The largest absolute Gasteiger partial charge is 0.411 e. The molecule has 3 unspecified atom stereocenters. The number of hydrogen-bond acceptors (Lipinski definition) is 4. The Bertz CT molecular complexity index is 696. The van der Waals surface area contributed by atoms with Gasteiger partial charge in [0.25, 0.3) is 0 Å². The molecule has 0 spiro atoms. The SMILES string of the molecule is CC[C@@H]1CC2C3CCC4=C/C(=N/O)CC[C@]4(C)C3CC[C@]2(C)[C@H]1/C(C)=N/O. The molecule has 4 heteroatoms. The van der Waals surface area contributed by atoms with Gasteiger partial charge in [0.2, 0.25) is 0 Å². The second-order valence-corrected chi connectivity index (χ2v) is 10.3. The minimum Gasteiger partial charge on any atom is -0.411 e. The summed E-state index contributed by atoms with van der Waals surface area (Å²) in [6, 6.07) is 0. The zero-order valence-electron chi connectivity index (χ0n) is 17.4. The van der Waals surface area contributed by atoms with Crippen LogP contribution in [0.4, 0.5) is 0 Å². The number of nitrogens with zero attached hydrogens (tertiary/aromatic N) is 2. The van der Waals surface area contributed by atoms with Gasteiger partial charge in [0.15, 0.2) is 0 Å². The molecule has 150 valence electrons. The van der Waals surface area contributed by atoms with Crippen molar-refractivity contribution in [2.24, 2.45) is 50.7 Å². The summed E-state index contributed by atoms with van der Waals surface area (Å²) in [5, 5.41) is 25.9. The van der Waals surface area contributed by atoms with Crippen molar-refractivity contribution in [2.75, 3.05) is 0 Å². The zero-order chi connectivity index (χ0) is 19.4. The van der Waals surface area contributed by atoms with Crippen molar-refractivity contribution in [1.82, 2.24) is 0 Å². The average molecular weight is 373 g/mol. The van der Waals surface area contributed by atoms with E-state index in [1.54, 1.807) is 0 Å². The van der Waals surface area contributed by atoms with Gasteiger partial charge in [-0.15, -0.1) is 0 Å². The lowest BCUT2D eigenvalue weighted by Crippen LogP contribution is -2.51. The lowest BCUT2D eigenvalue weighted by molar-refractivity contribution is -0.0412. The third kappa shape index (κ3) is 2.61. The smallest absolute Gasteiger partial charge is 0.0795 e. The highest BCUT2D eigenvalue weighted by Crippen LogP contribution is 2.68. The predicted molar refractivity (Wildman–Crippen MR) is 108 cm³/mol. The van der Waals surface area contributed by atoms with Gasteiger partial charge in [0.1, 0.15) is 0 Å². The van der Waals surface area contributed by atoms with Crippen LogP contribution >= 0.6 is 0 Å². The first-order valence-electron chi connectivity index (χ1n) is 11.0. The van der Waals surface area contributed by atoms with E-state index in [0.29, 0.717) is 11.8 Å². The van der Waals surface area contributed by atoms with Crippen LogP contribution in [0.1, 0.15) is 79.1 Å². The normalized spacial score (nSPS) is 48.6. The molecule has 0 heterocycles. The van der Waals surface area contributed by atoms with Gasteiger partial charge >= 0.3 is 0 Å². The highest BCUT2D eigenvalue weighted by atomic mass is 16.4. The van der Waals surface area contributed by atoms with Crippen LogP contribution in [-0.4, -0.2) is 21.8 Å². The van der Waals surface area contributed by atoms with Crippen molar-refractivity contribution in [1.29, 1.82) is 0 Å². The van der Waals surface area contributed by atoms with Gasteiger partial charge in [0, 0.05) is 5.92 Å². The predicted octanol–water partition coefficient (Wildman–Crippen LogP) is 5.88. The van der Waals surface area contributed by atoms with Crippen LogP contribution in [0.3, 0.4) is 0 Å². The van der Waals surface area contributed by atoms with E-state index < -0.39 is 0 Å². The highest BCUT2D eigenvalue weighted by molar-refractivity contribution is 5.96. The van der Waals surface area contributed by atoms with Gasteiger partial charge in [-0.1, -0.05) is 43.1 Å². The summed E-state index contributed by atoms with van der Waals surface area (Å²) >= 11 is 0. The Hall–Kier alpha value is -1.32. The molecule has 7 atom stereocenters. The molecule has 0 amide bonds. The number of hydrogen-bond donors (Lipinski definition) is 2. The van der Waals surface area contributed by atoms with E-state index >= 15 is 0 Å². The van der Waals surface area contributed by atoms with Crippen LogP contribution in [0, 0.1) is 40.4 Å². The molecule has 0 saturated heterocycles. The van der Waals surface area contributed by atoms with E-state index in [2.05, 4.69) is 37.2 Å². The number of oxime groups is 2. The summed E-state index contributed by atoms with van der Waals surface area (Å²) in [6.45, 7) is 9.32. The third-order valence-electron chi connectivity index (χ3n) is 9.41. The fourth-order valence-electron chi connectivity index (χ4n) is 8.11. The molecular weight excluding hydrogens is 336 g/mol. The van der Waals surface area contributed by atoms with Crippen molar-refractivity contribution in [3.63, 3.8) is 0 Å². The summed E-state index contributed by atoms with van der Waals surface area (Å²) in [5.74, 6) is 3.36. The Morgan fingerprint density at radius 2 is 1.93 bits per heavy atom. The van der Waals surface area contributed by atoms with Crippen LogP contribution in [0.5, 0.6) is 0 Å². The Balaban J connectivity index is 1.68. The summed E-state index contributed by atoms with van der Waals surface area (Å²) in [4.78, 5) is 0. The molecule has 0 radical (unpaired) electrons. The van der Waals surface area contributed by atoms with Crippen LogP contribution < -0.4 is 0 Å². The second-order valence-electron chi connectivity index (χ2n) is 10.3. The fourth-order valence-corrected chi connectivity index (χ4v) is 8.11. The Labute approximate surface area is 163 Å². The van der Waals surface area contributed by atoms with E-state index in [4.69, 9.17) is 0 Å². The number of allylic oxidation sites excluding steroid dienone is 2. The average Bonchev–Trinajstić information content (AvgIpc) is 2.99. The van der Waals surface area contributed by atoms with Gasteiger partial charge < -0.3 is 10.4 Å². The Kier molecular flexibility index (Phi) is 4.67. The fraction of sp³-hybridized carbons (Fsp3) is 0.826. The quantitative estimate of drug-likeness (QED) is 0.361. The molecule has 4 nitrogen and oxygen atoms in total. The zero-order valence-corrected chi connectivity index (χ0v) is 17.4. The summed E-state index contributed by atoms with van der Waals surface area (Å²) < 4.78 is 0. The molecule has 0 bridgehead atoms. The summed E-state index contributed by atoms with van der Waals surface area (Å²) in [7, 11) is 0. The van der Waals surface area contributed by atoms with Crippen LogP contribution in [0.2, 0.25) is 0 Å². The Morgan fingerprint density at radius 1 is 1.15 bits per heavy atom. The standard InChI is InChI=1S/C23H36N2O2/c1-5-15-12-20-18-7-6-16-13-17(25-27)8-10-22(16,3)19(18)9-11-23(20,4)21(15)14(2)24-26/h13,15,18-21,26-27H,5-12H2,1-4H3/b24-14+,25-17+/t15-,18?,19?,20?,21+,22+,23+/m1/s1. The van der Waals surface area contributed by atoms with Crippen LogP contribution in [0.25, 0.3) is 0 Å². The maximum Gasteiger partial charge on any atom is 0.0795 e. The lowest BCUT2D eigenvalue weighted by Gasteiger charge is -2.58. The molecule has 0 aromatic heterocycles. The maximum atomic E-state index is 9.54. The summed E-state index contributed by atoms with van der Waals surface area (Å²) in [6.07, 6.45) is 11.6. The highest BCUT2D eigenvalue weighted by Gasteiger charge is 2.61. The minimum absolute atomic E-state index is 0.276. The topological polar surface area (TPSA) is 65.2 Å². The molecular formula is C23H36N2O2. The summed E-state index contributed by atoms with van der Waals surface area (Å²) in [5.41, 5.74) is 3.90. The van der Waals surface area contributed by atoms with Crippen LogP contribution in [0.15, 0.2) is 22.0 Å². The molecule has 0 aromatic carbocycles. The monoisotopic (exact) mass is 372 g/mol. The van der Waals surface area contributed by atoms with E-state index in [-0.39, 0.29) is 10.8 Å². The van der Waals surface area contributed by atoms with Crippen molar-refractivity contribution in [3.05, 3.63) is 11.6 Å². The number of fused-ring (bicyclic) bond motifs is 5. The first kappa shape index (κ1) is 19.0. The van der Waals surface area contributed by atoms with Gasteiger partial charge in [-0.05, 0) is 92.4 Å². The number of rotatable bonds is 2. The van der Waals surface area contributed by atoms with E-state index in [9.17, 15) is 10.4 Å². The maximum absolute atomic E-state index is 9.54. The van der Waals surface area contributed by atoms with Gasteiger partial charge in [0.05, 0.1) is 11.4 Å². The van der Waals surface area contributed by atoms with E-state index in [1.807, 2.05) is 6.92 Å². The molecule has 0 aromatic rings.